The number of hydrogen-bond acceptors (Lipinski definition) is 3. The quantitative estimate of drug-likeness (QED) is 0.229. The van der Waals surface area contributed by atoms with Crippen LogP contribution in [0.4, 0.5) is 0 Å². The zero-order chi connectivity index (χ0) is 22.7. The molecular formula is C28H29N3OS. The first kappa shape index (κ1) is 21.8. The second-order valence-electron chi connectivity index (χ2n) is 8.62. The minimum Gasteiger partial charge on any atom is -0.355 e. The summed E-state index contributed by atoms with van der Waals surface area (Å²) in [5, 5.41) is 4.18. The molecule has 1 aliphatic carbocycles. The van der Waals surface area contributed by atoms with Gasteiger partial charge in [0.2, 0.25) is 5.91 Å². The third-order valence-corrected chi connectivity index (χ3v) is 7.50. The van der Waals surface area contributed by atoms with Gasteiger partial charge in [0.1, 0.15) is 5.41 Å². The van der Waals surface area contributed by atoms with Gasteiger partial charge in [-0.15, -0.1) is 0 Å². The van der Waals surface area contributed by atoms with Crippen molar-refractivity contribution in [3.8, 4) is 11.1 Å². The summed E-state index contributed by atoms with van der Waals surface area (Å²) in [7, 11) is 0. The molecule has 0 saturated carbocycles. The highest BCUT2D eigenvalue weighted by molar-refractivity contribution is 7.99. The molecule has 5 heteroatoms. The average Bonchev–Trinajstić information content (AvgIpc) is 3.40. The van der Waals surface area contributed by atoms with Gasteiger partial charge in [0.25, 0.3) is 0 Å². The number of fused-ring (bicyclic) bond motifs is 4. The molecule has 4 aromatic rings. The van der Waals surface area contributed by atoms with Crippen LogP contribution < -0.4 is 5.32 Å². The van der Waals surface area contributed by atoms with Gasteiger partial charge in [-0.25, -0.2) is 4.98 Å². The molecule has 0 unspecified atom stereocenters. The second-order valence-corrected chi connectivity index (χ2v) is 9.70. The Balaban J connectivity index is 1.35. The SMILES string of the molecule is CCCNC(=O)C1(CCCCSc2nc3ccccc3[nH]2)c2ccccc2-c2ccccc21. The number of aromatic nitrogens is 2. The van der Waals surface area contributed by atoms with E-state index in [9.17, 15) is 4.79 Å². The number of rotatable bonds is 9. The van der Waals surface area contributed by atoms with Gasteiger partial charge in [0, 0.05) is 12.3 Å². The number of benzene rings is 3. The van der Waals surface area contributed by atoms with Crippen molar-refractivity contribution in [1.82, 2.24) is 15.3 Å². The Bertz CT molecular complexity index is 1200. The molecule has 0 fully saturated rings. The van der Waals surface area contributed by atoms with Gasteiger partial charge in [0.15, 0.2) is 5.16 Å². The molecule has 1 amide bonds. The van der Waals surface area contributed by atoms with Crippen LogP contribution in [-0.2, 0) is 10.2 Å². The lowest BCUT2D eigenvalue weighted by atomic mass is 9.73. The predicted molar refractivity (Wildman–Crippen MR) is 137 cm³/mol. The largest absolute Gasteiger partial charge is 0.355 e. The van der Waals surface area contributed by atoms with Crippen LogP contribution in [0.25, 0.3) is 22.2 Å². The number of hydrogen-bond donors (Lipinski definition) is 2. The lowest BCUT2D eigenvalue weighted by molar-refractivity contribution is -0.125. The summed E-state index contributed by atoms with van der Waals surface area (Å²) in [6.07, 6.45) is 3.72. The van der Waals surface area contributed by atoms with Crippen molar-refractivity contribution < 1.29 is 4.79 Å². The van der Waals surface area contributed by atoms with Crippen LogP contribution in [0.15, 0.2) is 78.0 Å². The van der Waals surface area contributed by atoms with Crippen LogP contribution in [0.1, 0.15) is 43.7 Å². The first-order valence-electron chi connectivity index (χ1n) is 11.8. The number of imidazole rings is 1. The topological polar surface area (TPSA) is 57.8 Å². The van der Waals surface area contributed by atoms with Crippen molar-refractivity contribution >= 4 is 28.7 Å². The molecule has 0 atom stereocenters. The zero-order valence-corrected chi connectivity index (χ0v) is 19.8. The smallest absolute Gasteiger partial charge is 0.235 e. The molecular weight excluding hydrogens is 426 g/mol. The molecule has 0 saturated heterocycles. The monoisotopic (exact) mass is 455 g/mol. The van der Waals surface area contributed by atoms with E-state index in [-0.39, 0.29) is 5.91 Å². The average molecular weight is 456 g/mol. The molecule has 0 spiro atoms. The minimum absolute atomic E-state index is 0.131. The lowest BCUT2D eigenvalue weighted by Crippen LogP contribution is -2.44. The Labute approximate surface area is 199 Å². The summed E-state index contributed by atoms with van der Waals surface area (Å²) in [6, 6.07) is 25.0. The highest BCUT2D eigenvalue weighted by Crippen LogP contribution is 2.51. The number of unbranched alkanes of at least 4 members (excludes halogenated alkanes) is 1. The summed E-state index contributed by atoms with van der Waals surface area (Å²) in [6.45, 7) is 2.80. The van der Waals surface area contributed by atoms with E-state index in [1.807, 2.05) is 18.2 Å². The summed E-state index contributed by atoms with van der Waals surface area (Å²) in [4.78, 5) is 21.8. The highest BCUT2D eigenvalue weighted by atomic mass is 32.2. The van der Waals surface area contributed by atoms with Crippen LogP contribution in [0.5, 0.6) is 0 Å². The maximum atomic E-state index is 13.7. The van der Waals surface area contributed by atoms with E-state index >= 15 is 0 Å². The second kappa shape index (κ2) is 9.44. The number of aromatic amines is 1. The molecule has 168 valence electrons. The molecule has 0 radical (unpaired) electrons. The van der Waals surface area contributed by atoms with E-state index in [1.165, 1.54) is 11.1 Å². The molecule has 5 rings (SSSR count). The van der Waals surface area contributed by atoms with Crippen LogP contribution in [0.3, 0.4) is 0 Å². The first-order valence-corrected chi connectivity index (χ1v) is 12.8. The van der Waals surface area contributed by atoms with Gasteiger partial charge in [-0.1, -0.05) is 85.8 Å². The van der Waals surface area contributed by atoms with E-state index in [0.29, 0.717) is 6.54 Å². The van der Waals surface area contributed by atoms with Gasteiger partial charge < -0.3 is 10.3 Å². The summed E-state index contributed by atoms with van der Waals surface area (Å²) in [5.74, 6) is 1.10. The third kappa shape index (κ3) is 3.95. The molecule has 0 bridgehead atoms. The Kier molecular flexibility index (Phi) is 6.23. The molecule has 1 heterocycles. The first-order chi connectivity index (χ1) is 16.2. The Morgan fingerprint density at radius 3 is 2.30 bits per heavy atom. The summed E-state index contributed by atoms with van der Waals surface area (Å²) in [5.41, 5.74) is 6.13. The van der Waals surface area contributed by atoms with Gasteiger partial charge in [-0.3, -0.25) is 4.79 Å². The molecule has 3 aromatic carbocycles. The standard InChI is InChI=1S/C28H29N3OS/c1-2-18-29-26(32)28(22-13-5-3-11-20(22)21-12-4-6-14-23(21)28)17-9-10-19-33-27-30-24-15-7-8-16-25(24)31-27/h3-8,11-16H,2,9-10,17-19H2,1H3,(H,29,32)(H,30,31). The van der Waals surface area contributed by atoms with Crippen molar-refractivity contribution in [2.24, 2.45) is 0 Å². The normalized spacial score (nSPS) is 13.6. The van der Waals surface area contributed by atoms with Gasteiger partial charge in [-0.05, 0) is 53.6 Å². The number of thioether (sulfide) groups is 1. The van der Waals surface area contributed by atoms with E-state index in [0.717, 1.165) is 58.8 Å². The van der Waals surface area contributed by atoms with Crippen LogP contribution in [-0.4, -0.2) is 28.2 Å². The Hall–Kier alpha value is -3.05. The number of amides is 1. The third-order valence-electron chi connectivity index (χ3n) is 6.54. The van der Waals surface area contributed by atoms with E-state index in [4.69, 9.17) is 0 Å². The zero-order valence-electron chi connectivity index (χ0n) is 18.9. The Morgan fingerprint density at radius 1 is 0.939 bits per heavy atom. The molecule has 33 heavy (non-hydrogen) atoms. The van der Waals surface area contributed by atoms with Gasteiger partial charge >= 0.3 is 0 Å². The maximum absolute atomic E-state index is 13.7. The summed E-state index contributed by atoms with van der Waals surface area (Å²) >= 11 is 1.75. The van der Waals surface area contributed by atoms with E-state index < -0.39 is 5.41 Å². The number of carbonyl (C=O) groups is 1. The van der Waals surface area contributed by atoms with E-state index in [2.05, 4.69) is 76.8 Å². The highest BCUT2D eigenvalue weighted by Gasteiger charge is 2.48. The van der Waals surface area contributed by atoms with Crippen molar-refractivity contribution in [3.05, 3.63) is 83.9 Å². The molecule has 1 aromatic heterocycles. The van der Waals surface area contributed by atoms with Crippen molar-refractivity contribution in [1.29, 1.82) is 0 Å². The van der Waals surface area contributed by atoms with Crippen LogP contribution >= 0.6 is 11.8 Å². The van der Waals surface area contributed by atoms with Crippen molar-refractivity contribution in [2.75, 3.05) is 12.3 Å². The van der Waals surface area contributed by atoms with Gasteiger partial charge in [-0.2, -0.15) is 0 Å². The van der Waals surface area contributed by atoms with Crippen LogP contribution in [0, 0.1) is 0 Å². The maximum Gasteiger partial charge on any atom is 0.235 e. The molecule has 1 aliphatic rings. The fourth-order valence-electron chi connectivity index (χ4n) is 5.00. The molecule has 2 N–H and O–H groups in total. The number of H-pyrrole nitrogens is 1. The number of nitrogens with one attached hydrogen (secondary N) is 2. The fraction of sp³-hybridized carbons (Fsp3) is 0.286. The minimum atomic E-state index is -0.619. The molecule has 0 aliphatic heterocycles. The number of carbonyl (C=O) groups excluding carboxylic acids is 1. The lowest BCUT2D eigenvalue weighted by Gasteiger charge is -2.31. The van der Waals surface area contributed by atoms with Crippen molar-refractivity contribution in [2.45, 2.75) is 43.2 Å². The van der Waals surface area contributed by atoms with Crippen LogP contribution in [0.2, 0.25) is 0 Å². The fourth-order valence-corrected chi connectivity index (χ4v) is 5.89. The van der Waals surface area contributed by atoms with Gasteiger partial charge in [0.05, 0.1) is 11.0 Å². The Morgan fingerprint density at radius 2 is 1.61 bits per heavy atom. The number of para-hydroxylation sites is 2. The number of nitrogens with zero attached hydrogens (tertiary/aromatic N) is 1. The predicted octanol–water partition coefficient (Wildman–Crippen LogP) is 6.32. The van der Waals surface area contributed by atoms with Crippen molar-refractivity contribution in [3.63, 3.8) is 0 Å². The summed E-state index contributed by atoms with van der Waals surface area (Å²) < 4.78 is 0. The molecule has 4 nitrogen and oxygen atoms in total. The van der Waals surface area contributed by atoms with E-state index in [1.54, 1.807) is 11.8 Å².